The Bertz CT molecular complexity index is 640. The number of carbonyl (C=O) groups is 3. The first kappa shape index (κ1) is 22.9. The van der Waals surface area contributed by atoms with Gasteiger partial charge in [-0.05, 0) is 49.7 Å². The molecule has 0 radical (unpaired) electrons. The van der Waals surface area contributed by atoms with Gasteiger partial charge in [-0.1, -0.05) is 45.2 Å². The highest BCUT2D eigenvalue weighted by atomic mass is 16.4. The van der Waals surface area contributed by atoms with Crippen LogP contribution in [0.2, 0.25) is 0 Å². The van der Waals surface area contributed by atoms with Gasteiger partial charge in [0, 0.05) is 24.0 Å². The molecule has 1 aliphatic carbocycles. The van der Waals surface area contributed by atoms with Crippen molar-refractivity contribution in [3.05, 3.63) is 34.4 Å². The van der Waals surface area contributed by atoms with Crippen LogP contribution in [0.15, 0.2) is 12.1 Å². The molecule has 0 atom stereocenters. The van der Waals surface area contributed by atoms with Crippen LogP contribution in [0.1, 0.15) is 103 Å². The van der Waals surface area contributed by atoms with Crippen molar-refractivity contribution < 1.29 is 24.6 Å². The number of carboxylic acids is 2. The maximum absolute atomic E-state index is 11.3. The van der Waals surface area contributed by atoms with Gasteiger partial charge >= 0.3 is 0 Å². The summed E-state index contributed by atoms with van der Waals surface area (Å²) in [6, 6.07) is 3.03. The standard InChI is InChI=1S/C16H22O4.C6H10O/c1-3-5-7-11-9-10-13(15(17)18)14(16(19)20)12(11)8-6-4-2;7-6-4-2-1-3-5-6/h9-10H,3-8H2,1-2H3,(H,17,18)(H,19,20);1-5H2/p-2. The Morgan fingerprint density at radius 2 is 1.48 bits per heavy atom. The van der Waals surface area contributed by atoms with E-state index in [4.69, 9.17) is 0 Å². The van der Waals surface area contributed by atoms with E-state index in [1.54, 1.807) is 6.07 Å². The number of carboxylic acid groups (broad SMARTS) is 2. The first-order valence-electron chi connectivity index (χ1n) is 10.0. The Hall–Kier alpha value is -2.17. The van der Waals surface area contributed by atoms with Crippen LogP contribution in [0.4, 0.5) is 0 Å². The van der Waals surface area contributed by atoms with Crippen LogP contribution in [-0.2, 0) is 17.6 Å². The Labute approximate surface area is 161 Å². The first-order chi connectivity index (χ1) is 12.9. The number of unbranched alkanes of at least 4 members (excludes halogenated alkanes) is 2. The molecule has 0 aliphatic heterocycles. The number of rotatable bonds is 8. The summed E-state index contributed by atoms with van der Waals surface area (Å²) in [7, 11) is 0. The van der Waals surface area contributed by atoms with Gasteiger partial charge in [0.05, 0.1) is 11.9 Å². The topological polar surface area (TPSA) is 97.3 Å². The summed E-state index contributed by atoms with van der Waals surface area (Å²) in [5, 5.41) is 22.4. The predicted octanol–water partition coefficient (Wildman–Crippen LogP) is 2.62. The molecule has 2 rings (SSSR count). The zero-order valence-electron chi connectivity index (χ0n) is 16.5. The highest BCUT2D eigenvalue weighted by Gasteiger charge is 2.14. The number of aromatic carboxylic acids is 2. The van der Waals surface area contributed by atoms with Crippen LogP contribution in [0, 0.1) is 0 Å². The van der Waals surface area contributed by atoms with Gasteiger partial charge in [0.15, 0.2) is 0 Å². The van der Waals surface area contributed by atoms with Crippen molar-refractivity contribution in [3.8, 4) is 0 Å². The number of Topliss-reactive ketones (excluding diaryl/α,β-unsaturated/α-hetero) is 1. The van der Waals surface area contributed by atoms with Gasteiger partial charge in [0.2, 0.25) is 0 Å². The molecular weight excluding hydrogens is 344 g/mol. The minimum absolute atomic E-state index is 0.202. The maximum atomic E-state index is 11.3. The molecule has 5 nitrogen and oxygen atoms in total. The number of ketones is 1. The summed E-state index contributed by atoms with van der Waals surface area (Å²) < 4.78 is 0. The van der Waals surface area contributed by atoms with E-state index in [1.807, 2.05) is 6.92 Å². The molecule has 0 spiro atoms. The van der Waals surface area contributed by atoms with Crippen molar-refractivity contribution >= 4 is 17.7 Å². The average molecular weight is 374 g/mol. The number of hydrogen-bond donors (Lipinski definition) is 0. The van der Waals surface area contributed by atoms with E-state index < -0.39 is 11.9 Å². The van der Waals surface area contributed by atoms with Crippen molar-refractivity contribution in [2.24, 2.45) is 0 Å². The second-order valence-corrected chi connectivity index (χ2v) is 7.01. The van der Waals surface area contributed by atoms with Gasteiger partial charge in [-0.15, -0.1) is 0 Å². The zero-order chi connectivity index (χ0) is 20.2. The van der Waals surface area contributed by atoms with Crippen molar-refractivity contribution in [2.45, 2.75) is 84.5 Å². The van der Waals surface area contributed by atoms with E-state index in [1.165, 1.54) is 12.5 Å². The summed E-state index contributed by atoms with van der Waals surface area (Å²) in [4.78, 5) is 32.9. The van der Waals surface area contributed by atoms with Gasteiger partial charge < -0.3 is 19.8 Å². The first-order valence-corrected chi connectivity index (χ1v) is 10.0. The Morgan fingerprint density at radius 1 is 0.889 bits per heavy atom. The van der Waals surface area contributed by atoms with Gasteiger partial charge in [-0.2, -0.15) is 0 Å². The zero-order valence-corrected chi connectivity index (χ0v) is 16.5. The molecule has 5 heteroatoms. The fraction of sp³-hybridized carbons (Fsp3) is 0.591. The maximum Gasteiger partial charge on any atom is 0.132 e. The van der Waals surface area contributed by atoms with E-state index >= 15 is 0 Å². The molecule has 1 saturated carbocycles. The summed E-state index contributed by atoms with van der Waals surface area (Å²) in [6.45, 7) is 4.06. The summed E-state index contributed by atoms with van der Waals surface area (Å²) in [5.41, 5.74) is 1.02. The normalized spacial score (nSPS) is 13.6. The molecule has 1 fully saturated rings. The predicted molar refractivity (Wildman–Crippen MR) is 100 cm³/mol. The van der Waals surface area contributed by atoms with Crippen molar-refractivity contribution in [1.29, 1.82) is 0 Å². The quantitative estimate of drug-likeness (QED) is 0.697. The van der Waals surface area contributed by atoms with Crippen LogP contribution in [0.25, 0.3) is 0 Å². The molecule has 0 saturated heterocycles. The lowest BCUT2D eigenvalue weighted by Gasteiger charge is -2.20. The number of benzene rings is 1. The molecule has 1 aliphatic rings. The van der Waals surface area contributed by atoms with Crippen molar-refractivity contribution in [1.82, 2.24) is 0 Å². The molecule has 1 aromatic rings. The lowest BCUT2D eigenvalue weighted by Crippen LogP contribution is -2.31. The van der Waals surface area contributed by atoms with Crippen LogP contribution in [0.3, 0.4) is 0 Å². The Balaban J connectivity index is 0.000000433. The Kier molecular flexibility index (Phi) is 10.4. The van der Waals surface area contributed by atoms with E-state index in [2.05, 4.69) is 6.92 Å². The molecule has 0 unspecified atom stereocenters. The summed E-state index contributed by atoms with van der Waals surface area (Å²) >= 11 is 0. The van der Waals surface area contributed by atoms with Gasteiger partial charge in [-0.3, -0.25) is 4.79 Å². The second kappa shape index (κ2) is 12.3. The third-order valence-electron chi connectivity index (χ3n) is 4.83. The lowest BCUT2D eigenvalue weighted by molar-refractivity contribution is -0.259. The van der Waals surface area contributed by atoms with E-state index in [-0.39, 0.29) is 11.1 Å². The third kappa shape index (κ3) is 7.53. The largest absolute Gasteiger partial charge is 0.545 e. The number of carbonyl (C=O) groups excluding carboxylic acids is 3. The summed E-state index contributed by atoms with van der Waals surface area (Å²) in [5.74, 6) is -2.44. The fourth-order valence-electron chi connectivity index (χ4n) is 3.28. The molecule has 150 valence electrons. The molecule has 0 heterocycles. The molecule has 0 N–H and O–H groups in total. The molecule has 27 heavy (non-hydrogen) atoms. The molecule has 1 aromatic carbocycles. The van der Waals surface area contributed by atoms with Crippen molar-refractivity contribution in [2.75, 3.05) is 0 Å². The smallest absolute Gasteiger partial charge is 0.132 e. The molecular formula is C22H30O5-2. The van der Waals surface area contributed by atoms with Gasteiger partial charge in [0.1, 0.15) is 5.78 Å². The third-order valence-corrected chi connectivity index (χ3v) is 4.83. The molecule has 0 bridgehead atoms. The second-order valence-electron chi connectivity index (χ2n) is 7.01. The van der Waals surface area contributed by atoms with Crippen LogP contribution in [-0.4, -0.2) is 17.7 Å². The molecule has 0 aromatic heterocycles. The minimum Gasteiger partial charge on any atom is -0.545 e. The van der Waals surface area contributed by atoms with Crippen LogP contribution < -0.4 is 10.2 Å². The SMILES string of the molecule is CCCCc1ccc(C(=O)[O-])c(C(=O)[O-])c1CCCC.O=C1CCCCC1. The molecule has 0 amide bonds. The fourth-order valence-corrected chi connectivity index (χ4v) is 3.28. The van der Waals surface area contributed by atoms with E-state index in [9.17, 15) is 24.6 Å². The Morgan fingerprint density at radius 3 is 1.93 bits per heavy atom. The van der Waals surface area contributed by atoms with Gasteiger partial charge in [-0.25, -0.2) is 0 Å². The van der Waals surface area contributed by atoms with Crippen molar-refractivity contribution in [3.63, 3.8) is 0 Å². The number of hydrogen-bond acceptors (Lipinski definition) is 5. The average Bonchev–Trinajstić information content (AvgIpc) is 2.65. The van der Waals surface area contributed by atoms with E-state index in [0.717, 1.165) is 63.4 Å². The highest BCUT2D eigenvalue weighted by Crippen LogP contribution is 2.23. The van der Waals surface area contributed by atoms with E-state index in [0.29, 0.717) is 17.8 Å². The van der Waals surface area contributed by atoms with Crippen LogP contribution in [0.5, 0.6) is 0 Å². The number of aryl methyl sites for hydroxylation is 1. The monoisotopic (exact) mass is 374 g/mol. The summed E-state index contributed by atoms with van der Waals surface area (Å²) in [6.07, 6.45) is 10.2. The lowest BCUT2D eigenvalue weighted by atomic mass is 9.90. The minimum atomic E-state index is -1.47. The van der Waals surface area contributed by atoms with Gasteiger partial charge in [0.25, 0.3) is 0 Å². The van der Waals surface area contributed by atoms with Crippen LogP contribution >= 0.6 is 0 Å². The highest BCUT2D eigenvalue weighted by molar-refractivity contribution is 6.01.